The van der Waals surface area contributed by atoms with E-state index < -0.39 is 53.8 Å². The Balaban J connectivity index is 1.26. The van der Waals surface area contributed by atoms with E-state index in [2.05, 4.69) is 31.2 Å². The molecule has 56 heavy (non-hydrogen) atoms. The van der Waals surface area contributed by atoms with Gasteiger partial charge in [-0.2, -0.15) is 0 Å². The van der Waals surface area contributed by atoms with Crippen LogP contribution in [0.15, 0.2) is 48.9 Å². The lowest BCUT2D eigenvalue weighted by Gasteiger charge is -2.32. The molecule has 2 aliphatic heterocycles. The molecule has 5 aliphatic rings. The Hall–Kier alpha value is -4.39. The van der Waals surface area contributed by atoms with E-state index in [4.69, 9.17) is 4.74 Å². The van der Waals surface area contributed by atoms with E-state index in [1.54, 1.807) is 18.5 Å². The number of hydrogen-bond acceptors (Lipinski definition) is 8. The van der Waals surface area contributed by atoms with Crippen LogP contribution in [0.5, 0.6) is 0 Å². The van der Waals surface area contributed by atoms with E-state index in [0.29, 0.717) is 50.4 Å². The van der Waals surface area contributed by atoms with E-state index in [0.717, 1.165) is 69.0 Å². The van der Waals surface area contributed by atoms with Gasteiger partial charge in [-0.15, -0.1) is 0 Å². The molecule has 2 aromatic rings. The predicted octanol–water partition coefficient (Wildman–Crippen LogP) is 4.75. The molecule has 304 valence electrons. The van der Waals surface area contributed by atoms with Crippen LogP contribution in [0.25, 0.3) is 0 Å². The fourth-order valence-corrected chi connectivity index (χ4v) is 9.32. The minimum Gasteiger partial charge on any atom is -0.480 e. The summed E-state index contributed by atoms with van der Waals surface area (Å²) >= 11 is 0. The fourth-order valence-electron chi connectivity index (χ4n) is 9.32. The number of carboxylic acids is 1. The summed E-state index contributed by atoms with van der Waals surface area (Å²) in [5, 5.41) is 21.9. The number of aliphatic carboxylic acids is 1. The molecule has 5 N–H and O–H groups in total. The van der Waals surface area contributed by atoms with Crippen LogP contribution in [0.2, 0.25) is 0 Å². The topological polar surface area (TPSA) is 189 Å². The van der Waals surface area contributed by atoms with Crippen LogP contribution in [0.4, 0.5) is 0 Å². The first-order valence-corrected chi connectivity index (χ1v) is 21.0. The number of ether oxygens (including phenoxy) is 1. The zero-order valence-electron chi connectivity index (χ0n) is 32.5. The van der Waals surface area contributed by atoms with E-state index >= 15 is 0 Å². The molecule has 5 fully saturated rings. The van der Waals surface area contributed by atoms with Gasteiger partial charge in [-0.05, 0) is 119 Å². The molecule has 3 saturated carbocycles. The lowest BCUT2D eigenvalue weighted by Crippen LogP contribution is -2.58. The Kier molecular flexibility index (Phi) is 15.2. The van der Waals surface area contributed by atoms with E-state index in [-0.39, 0.29) is 37.4 Å². The summed E-state index contributed by atoms with van der Waals surface area (Å²) in [4.78, 5) is 77.4. The van der Waals surface area contributed by atoms with Gasteiger partial charge in [-0.25, -0.2) is 4.79 Å². The van der Waals surface area contributed by atoms with Crippen molar-refractivity contribution in [2.45, 2.75) is 152 Å². The first-order chi connectivity index (χ1) is 27.2. The molecule has 4 atom stereocenters. The number of carbonyl (C=O) groups excluding carboxylic acids is 4. The van der Waals surface area contributed by atoms with E-state index in [1.807, 2.05) is 30.5 Å². The summed E-state index contributed by atoms with van der Waals surface area (Å²) < 4.78 is 5.99. The Bertz CT molecular complexity index is 1590. The van der Waals surface area contributed by atoms with E-state index in [9.17, 15) is 29.1 Å². The quantitative estimate of drug-likeness (QED) is 0.224. The van der Waals surface area contributed by atoms with Gasteiger partial charge in [0.25, 0.3) is 0 Å². The second kappa shape index (κ2) is 20.7. The summed E-state index contributed by atoms with van der Waals surface area (Å²) in [5.74, 6) is -2.15. The molecule has 13 heteroatoms. The van der Waals surface area contributed by atoms with Crippen LogP contribution >= 0.6 is 0 Å². The highest BCUT2D eigenvalue weighted by Crippen LogP contribution is 2.37. The molecule has 4 heterocycles. The van der Waals surface area contributed by atoms with Gasteiger partial charge in [0.2, 0.25) is 23.6 Å². The lowest BCUT2D eigenvalue weighted by atomic mass is 9.77. The van der Waals surface area contributed by atoms with Crippen molar-refractivity contribution in [1.29, 1.82) is 0 Å². The summed E-state index contributed by atoms with van der Waals surface area (Å²) in [6.07, 6.45) is 18.6. The monoisotopic (exact) mass is 772 g/mol. The zero-order valence-corrected chi connectivity index (χ0v) is 32.5. The maximum Gasteiger partial charge on any atom is 0.326 e. The Morgan fingerprint density at radius 2 is 1.45 bits per heavy atom. The zero-order chi connectivity index (χ0) is 39.3. The van der Waals surface area contributed by atoms with Crippen molar-refractivity contribution in [3.8, 4) is 0 Å². The smallest absolute Gasteiger partial charge is 0.326 e. The molecule has 3 aliphatic carbocycles. The van der Waals surface area contributed by atoms with Gasteiger partial charge in [-0.3, -0.25) is 29.1 Å². The second-order valence-corrected chi connectivity index (χ2v) is 16.7. The minimum absolute atomic E-state index is 0.0604. The van der Waals surface area contributed by atoms with Crippen molar-refractivity contribution < 1.29 is 33.8 Å². The van der Waals surface area contributed by atoms with Gasteiger partial charge < -0.3 is 31.1 Å². The fraction of sp³-hybridized carbons (Fsp3) is 0.651. The molecule has 2 saturated heterocycles. The van der Waals surface area contributed by atoms with Crippen molar-refractivity contribution in [2.24, 2.45) is 17.8 Å². The first-order valence-electron chi connectivity index (χ1n) is 21.0. The van der Waals surface area contributed by atoms with Gasteiger partial charge in [0.1, 0.15) is 30.8 Å². The number of fused-ring (bicyclic) bond motifs is 16. The van der Waals surface area contributed by atoms with Crippen molar-refractivity contribution >= 4 is 29.6 Å². The Morgan fingerprint density at radius 1 is 0.714 bits per heavy atom. The number of rotatable bonds is 9. The van der Waals surface area contributed by atoms with Crippen LogP contribution in [-0.2, 0) is 35.1 Å². The van der Waals surface area contributed by atoms with Gasteiger partial charge >= 0.3 is 5.97 Å². The predicted molar refractivity (Wildman–Crippen MR) is 209 cm³/mol. The lowest BCUT2D eigenvalue weighted by molar-refractivity contribution is -0.143. The average Bonchev–Trinajstić information content (AvgIpc) is 3.22. The van der Waals surface area contributed by atoms with Crippen molar-refractivity contribution in [3.63, 3.8) is 0 Å². The van der Waals surface area contributed by atoms with Gasteiger partial charge in [0.05, 0.1) is 6.10 Å². The molecule has 0 radical (unpaired) electrons. The first kappa shape index (κ1) is 41.2. The van der Waals surface area contributed by atoms with Crippen LogP contribution in [-0.4, -0.2) is 81.6 Å². The number of carbonyl (C=O) groups is 5. The van der Waals surface area contributed by atoms with Crippen molar-refractivity contribution in [2.75, 3.05) is 6.61 Å². The molecule has 13 nitrogen and oxygen atoms in total. The second-order valence-electron chi connectivity index (χ2n) is 16.7. The molecular weight excluding hydrogens is 713 g/mol. The number of carboxylic acid groups (broad SMARTS) is 1. The molecule has 4 amide bonds. The summed E-state index contributed by atoms with van der Waals surface area (Å²) in [6.45, 7) is -0.230. The number of nitrogens with zero attached hydrogens (tertiary/aromatic N) is 2. The van der Waals surface area contributed by atoms with Crippen LogP contribution in [0.1, 0.15) is 126 Å². The number of pyridine rings is 2. The molecule has 7 rings (SSSR count). The Labute approximate surface area is 330 Å². The maximum atomic E-state index is 14.5. The molecule has 2 aromatic heterocycles. The third-order valence-electron chi connectivity index (χ3n) is 12.6. The third kappa shape index (κ3) is 12.3. The highest BCUT2D eigenvalue weighted by atomic mass is 16.5. The standard InChI is InChI=1S/C43H60N6O7/c50-39-27-56-33-18-13-30(14-19-33)24-38(43(54)55)49-40(51)35(20-15-28-7-2-1-3-8-28)47-42(53)37(48-41(52)36(46-39)25-31-9-6-21-44-26-31)23-29-11-16-32(17-12-29)34-10-4-5-22-45-34/h4-6,9-10,21-22,26,28-30,32-33,35-38H,1-3,7-8,11-20,23-25,27H2,(H,46,50)(H,47,53)(H,48,52)(H,49,51)(H,54,55). The van der Waals surface area contributed by atoms with Crippen molar-refractivity contribution in [3.05, 3.63) is 60.2 Å². The summed E-state index contributed by atoms with van der Waals surface area (Å²) in [5.41, 5.74) is 1.80. The van der Waals surface area contributed by atoms with Crippen molar-refractivity contribution in [1.82, 2.24) is 31.2 Å². The van der Waals surface area contributed by atoms with Gasteiger partial charge in [-0.1, -0.05) is 44.2 Å². The third-order valence-corrected chi connectivity index (χ3v) is 12.6. The molecule has 2 bridgehead atoms. The maximum absolute atomic E-state index is 14.5. The highest BCUT2D eigenvalue weighted by molar-refractivity contribution is 5.95. The van der Waals surface area contributed by atoms with Crippen LogP contribution in [0, 0.1) is 17.8 Å². The van der Waals surface area contributed by atoms with Gasteiger partial charge in [0, 0.05) is 36.6 Å². The Morgan fingerprint density at radius 3 is 2.14 bits per heavy atom. The number of nitrogens with one attached hydrogen (secondary N) is 4. The summed E-state index contributed by atoms with van der Waals surface area (Å²) in [7, 11) is 0. The SMILES string of the molecule is O=C1COC2CCC(CC2)CC(C(=O)O)NC(=O)C(CCC2CCCCC2)NC(=O)C(CC2CCC(c3ccccn3)CC2)NC(=O)C(Cc2cccnc2)N1. The average molecular weight is 773 g/mol. The largest absolute Gasteiger partial charge is 0.480 e. The molecule has 4 unspecified atom stereocenters. The van der Waals surface area contributed by atoms with Crippen LogP contribution in [0.3, 0.4) is 0 Å². The normalized spacial score (nSPS) is 30.4. The highest BCUT2D eigenvalue weighted by Gasteiger charge is 2.36. The van der Waals surface area contributed by atoms with E-state index in [1.165, 1.54) is 6.42 Å². The number of amides is 4. The minimum atomic E-state index is -1.11. The number of aromatic nitrogens is 2. The molecule has 0 aromatic carbocycles. The van der Waals surface area contributed by atoms with Crippen LogP contribution < -0.4 is 21.3 Å². The summed E-state index contributed by atoms with van der Waals surface area (Å²) in [6, 6.07) is 5.46. The van der Waals surface area contributed by atoms with Gasteiger partial charge in [0.15, 0.2) is 0 Å². The molecule has 0 spiro atoms. The molecular formula is C43H60N6O7. The number of hydrogen-bond donors (Lipinski definition) is 5.